The minimum absolute atomic E-state index is 0.878. The standard InChI is InChI=1S/C60H39NO/c1-2-14-45-36-49(31-28-40(45)12-1)46-18-9-19-51(37-46)61(50-34-32-42(33-35-50)41-26-29-44(30-27-41)53-22-10-17-43-13-5-6-20-52(43)53)57-24-8-7-21-54(57)55-23-11-25-58-60(55)56-38-47-15-3-4-16-48(47)39-59(56)62-58/h1-39H. The van der Waals surface area contributed by atoms with E-state index in [9.17, 15) is 0 Å². The molecule has 0 fully saturated rings. The zero-order chi connectivity index (χ0) is 41.0. The van der Waals surface area contributed by atoms with Gasteiger partial charge in [-0.3, -0.25) is 0 Å². The van der Waals surface area contributed by atoms with Crippen molar-refractivity contribution in [1.82, 2.24) is 0 Å². The topological polar surface area (TPSA) is 16.4 Å². The molecular weight excluding hydrogens is 751 g/mol. The van der Waals surface area contributed by atoms with Crippen molar-refractivity contribution < 1.29 is 4.42 Å². The summed E-state index contributed by atoms with van der Waals surface area (Å²) in [6, 6.07) is 85.5. The lowest BCUT2D eigenvalue weighted by molar-refractivity contribution is 0.669. The van der Waals surface area contributed by atoms with Crippen LogP contribution < -0.4 is 4.90 Å². The van der Waals surface area contributed by atoms with Gasteiger partial charge < -0.3 is 9.32 Å². The van der Waals surface area contributed by atoms with Crippen LogP contribution in [-0.2, 0) is 0 Å². The van der Waals surface area contributed by atoms with Crippen LogP contribution in [0, 0.1) is 0 Å². The Morgan fingerprint density at radius 2 is 0.839 bits per heavy atom. The highest BCUT2D eigenvalue weighted by molar-refractivity contribution is 6.16. The van der Waals surface area contributed by atoms with E-state index in [2.05, 4.69) is 241 Å². The minimum Gasteiger partial charge on any atom is -0.456 e. The predicted octanol–water partition coefficient (Wildman–Crippen LogP) is 17.2. The smallest absolute Gasteiger partial charge is 0.136 e. The fourth-order valence-electron chi connectivity index (χ4n) is 9.38. The van der Waals surface area contributed by atoms with Crippen LogP contribution >= 0.6 is 0 Å². The molecule has 0 radical (unpaired) electrons. The zero-order valence-corrected chi connectivity index (χ0v) is 33.9. The molecule has 2 nitrogen and oxygen atoms in total. The molecule has 0 saturated carbocycles. The first-order valence-electron chi connectivity index (χ1n) is 21.2. The fourth-order valence-corrected chi connectivity index (χ4v) is 9.38. The summed E-state index contributed by atoms with van der Waals surface area (Å²) in [4.78, 5) is 2.41. The van der Waals surface area contributed by atoms with Gasteiger partial charge >= 0.3 is 0 Å². The van der Waals surface area contributed by atoms with Crippen LogP contribution in [0.25, 0.3) is 98.8 Å². The first kappa shape index (κ1) is 35.7. The Bertz CT molecular complexity index is 3630. The van der Waals surface area contributed by atoms with Crippen molar-refractivity contribution in [3.8, 4) is 44.5 Å². The van der Waals surface area contributed by atoms with Crippen LogP contribution in [0.5, 0.6) is 0 Å². The molecule has 0 saturated heterocycles. The number of benzene rings is 11. The maximum Gasteiger partial charge on any atom is 0.136 e. The molecule has 62 heavy (non-hydrogen) atoms. The molecule has 0 aliphatic rings. The Labute approximate surface area is 360 Å². The van der Waals surface area contributed by atoms with Crippen molar-refractivity contribution in [2.24, 2.45) is 0 Å². The van der Waals surface area contributed by atoms with E-state index in [1.165, 1.54) is 60.1 Å². The Hall–Kier alpha value is -8.20. The van der Waals surface area contributed by atoms with Gasteiger partial charge in [0, 0.05) is 27.7 Å². The van der Waals surface area contributed by atoms with Crippen molar-refractivity contribution in [3.63, 3.8) is 0 Å². The van der Waals surface area contributed by atoms with Crippen molar-refractivity contribution in [2.75, 3.05) is 4.90 Å². The Kier molecular flexibility index (Phi) is 8.53. The van der Waals surface area contributed by atoms with Gasteiger partial charge in [0.15, 0.2) is 0 Å². The Morgan fingerprint density at radius 1 is 0.274 bits per heavy atom. The molecule has 0 spiro atoms. The largest absolute Gasteiger partial charge is 0.456 e. The number of hydrogen-bond acceptors (Lipinski definition) is 2. The lowest BCUT2D eigenvalue weighted by Gasteiger charge is -2.28. The van der Waals surface area contributed by atoms with E-state index in [0.29, 0.717) is 0 Å². The highest BCUT2D eigenvalue weighted by Gasteiger charge is 2.21. The van der Waals surface area contributed by atoms with Gasteiger partial charge in [0.05, 0.1) is 5.69 Å². The van der Waals surface area contributed by atoms with E-state index < -0.39 is 0 Å². The van der Waals surface area contributed by atoms with E-state index >= 15 is 0 Å². The second kappa shape index (κ2) is 14.8. The average Bonchev–Trinajstić information content (AvgIpc) is 3.71. The highest BCUT2D eigenvalue weighted by Crippen LogP contribution is 2.46. The summed E-state index contributed by atoms with van der Waals surface area (Å²) >= 11 is 0. The summed E-state index contributed by atoms with van der Waals surface area (Å²) in [6.07, 6.45) is 0. The van der Waals surface area contributed by atoms with Crippen LogP contribution in [0.4, 0.5) is 17.1 Å². The lowest BCUT2D eigenvalue weighted by atomic mass is 9.95. The van der Waals surface area contributed by atoms with Crippen LogP contribution in [0.2, 0.25) is 0 Å². The molecular formula is C60H39NO. The molecule has 0 unspecified atom stereocenters. The first-order chi connectivity index (χ1) is 30.7. The molecule has 0 bridgehead atoms. The third kappa shape index (κ3) is 6.20. The third-order valence-corrected chi connectivity index (χ3v) is 12.4. The Morgan fingerprint density at radius 3 is 1.66 bits per heavy atom. The minimum atomic E-state index is 0.878. The van der Waals surface area contributed by atoms with Crippen molar-refractivity contribution >= 4 is 71.3 Å². The van der Waals surface area contributed by atoms with Gasteiger partial charge in [-0.1, -0.05) is 182 Å². The number of hydrogen-bond donors (Lipinski definition) is 0. The molecule has 12 rings (SSSR count). The number of anilines is 3. The van der Waals surface area contributed by atoms with E-state index in [0.717, 1.165) is 55.7 Å². The normalized spacial score (nSPS) is 11.5. The lowest BCUT2D eigenvalue weighted by Crippen LogP contribution is -2.11. The summed E-state index contributed by atoms with van der Waals surface area (Å²) in [7, 11) is 0. The molecule has 12 aromatic rings. The van der Waals surface area contributed by atoms with Gasteiger partial charge in [0.25, 0.3) is 0 Å². The molecule has 290 valence electrons. The first-order valence-corrected chi connectivity index (χ1v) is 21.2. The SMILES string of the molecule is c1cc(-c2ccc3ccccc3c2)cc(N(c2ccc(-c3ccc(-c4cccc5ccccc45)cc3)cc2)c2ccccc2-c2cccc3oc4cc5ccccc5cc4c23)c1. The molecule has 11 aromatic carbocycles. The molecule has 2 heteroatoms. The van der Waals surface area contributed by atoms with Gasteiger partial charge in [0.2, 0.25) is 0 Å². The second-order valence-electron chi connectivity index (χ2n) is 16.1. The molecule has 0 aliphatic carbocycles. The van der Waals surface area contributed by atoms with Crippen molar-refractivity contribution in [1.29, 1.82) is 0 Å². The van der Waals surface area contributed by atoms with Crippen molar-refractivity contribution in [3.05, 3.63) is 237 Å². The third-order valence-electron chi connectivity index (χ3n) is 12.4. The fraction of sp³-hybridized carbons (Fsp3) is 0. The van der Waals surface area contributed by atoms with E-state index in [1.54, 1.807) is 0 Å². The number of furan rings is 1. The van der Waals surface area contributed by atoms with Crippen LogP contribution in [0.15, 0.2) is 241 Å². The van der Waals surface area contributed by atoms with Gasteiger partial charge in [-0.15, -0.1) is 0 Å². The van der Waals surface area contributed by atoms with Crippen LogP contribution in [0.1, 0.15) is 0 Å². The molecule has 1 aromatic heterocycles. The average molecular weight is 790 g/mol. The van der Waals surface area contributed by atoms with Crippen molar-refractivity contribution in [2.45, 2.75) is 0 Å². The van der Waals surface area contributed by atoms with Gasteiger partial charge in [-0.05, 0) is 126 Å². The monoisotopic (exact) mass is 789 g/mol. The molecule has 0 aliphatic heterocycles. The van der Waals surface area contributed by atoms with E-state index in [1.807, 2.05) is 0 Å². The number of rotatable bonds is 7. The Balaban J connectivity index is 0.994. The summed E-state index contributed by atoms with van der Waals surface area (Å²) in [5.41, 5.74) is 14.4. The zero-order valence-electron chi connectivity index (χ0n) is 33.9. The maximum absolute atomic E-state index is 6.58. The summed E-state index contributed by atoms with van der Waals surface area (Å²) in [5, 5.41) is 9.58. The molecule has 0 amide bonds. The van der Waals surface area contributed by atoms with Gasteiger partial charge in [-0.25, -0.2) is 0 Å². The van der Waals surface area contributed by atoms with Crippen LogP contribution in [-0.4, -0.2) is 0 Å². The number of nitrogens with zero attached hydrogens (tertiary/aromatic N) is 1. The number of para-hydroxylation sites is 1. The molecule has 0 N–H and O–H groups in total. The summed E-state index contributed by atoms with van der Waals surface area (Å²) < 4.78 is 6.58. The van der Waals surface area contributed by atoms with E-state index in [-0.39, 0.29) is 0 Å². The quantitative estimate of drug-likeness (QED) is 0.160. The van der Waals surface area contributed by atoms with Crippen LogP contribution in [0.3, 0.4) is 0 Å². The molecule has 0 atom stereocenters. The summed E-state index contributed by atoms with van der Waals surface area (Å²) in [6.45, 7) is 0. The highest BCUT2D eigenvalue weighted by atomic mass is 16.3. The maximum atomic E-state index is 6.58. The summed E-state index contributed by atoms with van der Waals surface area (Å²) in [5.74, 6) is 0. The van der Waals surface area contributed by atoms with Gasteiger partial charge in [0.1, 0.15) is 11.2 Å². The van der Waals surface area contributed by atoms with E-state index in [4.69, 9.17) is 4.42 Å². The molecule has 1 heterocycles. The predicted molar refractivity (Wildman–Crippen MR) is 263 cm³/mol. The number of fused-ring (bicyclic) bond motifs is 6. The van der Waals surface area contributed by atoms with Gasteiger partial charge in [-0.2, -0.15) is 0 Å². The second-order valence-corrected chi connectivity index (χ2v) is 16.1.